The number of benzene rings is 6. The van der Waals surface area contributed by atoms with Gasteiger partial charge in [-0.15, -0.1) is 0 Å². The summed E-state index contributed by atoms with van der Waals surface area (Å²) in [4.78, 5) is 76.8. The highest BCUT2D eigenvalue weighted by Crippen LogP contribution is 2.32. The predicted octanol–water partition coefficient (Wildman–Crippen LogP) is 9.53. The lowest BCUT2D eigenvalue weighted by atomic mass is 9.85. The van der Waals surface area contributed by atoms with Crippen molar-refractivity contribution in [3.8, 4) is 23.0 Å². The SMILES string of the molecule is NC(=O)C(CC(=O)CCCc1ccc(OCc2ccccc2)c(OCc2ccccc2)c1)CC(=O)C(CC(=O)O)CC(=O)CCC(=O)NCCc1ccc(OCc2ccccc2)c(OCc2ccccc2)c1. The zero-order valence-electron chi connectivity index (χ0n) is 40.4. The number of carbonyl (C=O) groups excluding carboxylic acids is 5. The van der Waals surface area contributed by atoms with Crippen molar-refractivity contribution >= 4 is 35.1 Å². The molecule has 0 fully saturated rings. The molecule has 0 spiro atoms. The number of nitrogens with one attached hydrogen (secondary N) is 1. The number of aryl methyl sites for hydroxylation is 1. The second kappa shape index (κ2) is 28.6. The molecular weight excluding hydrogens is 913 g/mol. The van der Waals surface area contributed by atoms with Crippen molar-refractivity contribution in [2.24, 2.45) is 17.6 Å². The van der Waals surface area contributed by atoms with Crippen LogP contribution in [0, 0.1) is 11.8 Å². The van der Waals surface area contributed by atoms with E-state index >= 15 is 0 Å². The Balaban J connectivity index is 0.947. The molecule has 13 nitrogen and oxygen atoms in total. The third-order valence-electron chi connectivity index (χ3n) is 11.9. The third kappa shape index (κ3) is 18.7. The molecule has 0 heterocycles. The lowest BCUT2D eigenvalue weighted by Crippen LogP contribution is -2.31. The Morgan fingerprint density at radius 3 is 1.31 bits per heavy atom. The average Bonchev–Trinajstić information content (AvgIpc) is 3.39. The van der Waals surface area contributed by atoms with Gasteiger partial charge in [-0.2, -0.15) is 0 Å². The molecule has 0 aliphatic heterocycles. The fraction of sp³-hybridized carbons (Fsp3) is 0.288. The van der Waals surface area contributed by atoms with E-state index in [1.165, 1.54) is 0 Å². The maximum Gasteiger partial charge on any atom is 0.304 e. The molecule has 0 radical (unpaired) electrons. The van der Waals surface area contributed by atoms with E-state index in [0.717, 1.165) is 33.4 Å². The van der Waals surface area contributed by atoms with Gasteiger partial charge in [0.15, 0.2) is 23.0 Å². The summed E-state index contributed by atoms with van der Waals surface area (Å²) in [7, 11) is 0. The van der Waals surface area contributed by atoms with Gasteiger partial charge in [0.05, 0.1) is 12.3 Å². The Bertz CT molecular complexity index is 2700. The van der Waals surface area contributed by atoms with E-state index in [-0.39, 0.29) is 43.9 Å². The van der Waals surface area contributed by atoms with Gasteiger partial charge in [-0.25, -0.2) is 0 Å². The highest BCUT2D eigenvalue weighted by molar-refractivity contribution is 5.95. The highest BCUT2D eigenvalue weighted by Gasteiger charge is 2.30. The Morgan fingerprint density at radius 1 is 0.444 bits per heavy atom. The number of Topliss-reactive ketones (excluding diaryl/α,β-unsaturated/α-hetero) is 3. The Kier molecular flexibility index (Phi) is 21.1. The lowest BCUT2D eigenvalue weighted by molar-refractivity contribution is -0.142. The summed E-state index contributed by atoms with van der Waals surface area (Å²) in [6.45, 7) is 1.64. The standard InChI is InChI=1S/C59H62N2O11/c60-59(68)49(35-50(62)23-13-22-42-24-27-53(69-38-44-14-5-1-6-15-44)55(32-42)71-40-46-18-9-3-10-19-46)36-52(64)48(37-58(66)67)34-51(63)26-29-57(65)61-31-30-43-25-28-54(70-39-45-16-7-2-8-17-45)56(33-43)72-41-47-20-11-4-12-21-47/h1-12,14-21,24-25,27-28,32-33,48-49H,13,22-23,26,29-31,34-41H2,(H2,60,68)(H,61,65)(H,66,67). The molecule has 2 atom stereocenters. The summed E-state index contributed by atoms with van der Waals surface area (Å²) >= 11 is 0. The molecular formula is C59H62N2O11. The summed E-state index contributed by atoms with van der Waals surface area (Å²) in [5.74, 6) is -4.15. The molecule has 13 heteroatoms. The number of hydrogen-bond acceptors (Lipinski definition) is 10. The number of primary amides is 1. The molecule has 4 N–H and O–H groups in total. The number of ketones is 3. The summed E-state index contributed by atoms with van der Waals surface area (Å²) in [5, 5.41) is 12.4. The van der Waals surface area contributed by atoms with Crippen LogP contribution in [0.2, 0.25) is 0 Å². The van der Waals surface area contributed by atoms with E-state index in [1.54, 1.807) is 0 Å². The van der Waals surface area contributed by atoms with Crippen molar-refractivity contribution in [2.75, 3.05) is 6.54 Å². The van der Waals surface area contributed by atoms with Crippen LogP contribution in [-0.4, -0.2) is 46.8 Å². The van der Waals surface area contributed by atoms with Crippen molar-refractivity contribution in [3.63, 3.8) is 0 Å². The van der Waals surface area contributed by atoms with E-state index in [1.807, 2.05) is 158 Å². The van der Waals surface area contributed by atoms with Gasteiger partial charge in [-0.3, -0.25) is 28.8 Å². The predicted molar refractivity (Wildman–Crippen MR) is 272 cm³/mol. The summed E-state index contributed by atoms with van der Waals surface area (Å²) in [5.41, 5.74) is 11.4. The topological polar surface area (TPSA) is 198 Å². The minimum atomic E-state index is -1.31. The zero-order chi connectivity index (χ0) is 50.9. The number of carboxylic acids is 1. The number of ether oxygens (including phenoxy) is 4. The molecule has 2 unspecified atom stereocenters. The number of nitrogens with two attached hydrogens (primary N) is 1. The van der Waals surface area contributed by atoms with Crippen molar-refractivity contribution in [1.82, 2.24) is 5.32 Å². The van der Waals surface area contributed by atoms with Crippen LogP contribution in [0.1, 0.15) is 84.7 Å². The van der Waals surface area contributed by atoms with Crippen LogP contribution >= 0.6 is 0 Å². The number of aliphatic carboxylic acids is 1. The summed E-state index contributed by atoms with van der Waals surface area (Å²) in [6.07, 6.45) is -0.759. The normalized spacial score (nSPS) is 11.7. The van der Waals surface area contributed by atoms with Gasteiger partial charge in [0.25, 0.3) is 0 Å². The van der Waals surface area contributed by atoms with Crippen LogP contribution in [0.4, 0.5) is 0 Å². The van der Waals surface area contributed by atoms with Crippen LogP contribution in [0.5, 0.6) is 23.0 Å². The Morgan fingerprint density at radius 2 is 0.861 bits per heavy atom. The van der Waals surface area contributed by atoms with Crippen LogP contribution in [-0.2, 0) is 68.0 Å². The molecule has 72 heavy (non-hydrogen) atoms. The molecule has 6 aromatic carbocycles. The lowest BCUT2D eigenvalue weighted by Gasteiger charge is -2.17. The van der Waals surface area contributed by atoms with E-state index in [2.05, 4.69) is 5.32 Å². The minimum absolute atomic E-state index is 0.101. The van der Waals surface area contributed by atoms with Gasteiger partial charge in [-0.05, 0) is 76.9 Å². The first-order chi connectivity index (χ1) is 35.0. The van der Waals surface area contributed by atoms with Crippen molar-refractivity contribution < 1.29 is 52.8 Å². The fourth-order valence-corrected chi connectivity index (χ4v) is 7.95. The first-order valence-corrected chi connectivity index (χ1v) is 24.2. The Labute approximate surface area is 420 Å². The maximum atomic E-state index is 13.5. The second-order valence-electron chi connectivity index (χ2n) is 17.7. The molecule has 6 rings (SSSR count). The van der Waals surface area contributed by atoms with Gasteiger partial charge in [0, 0.05) is 51.0 Å². The van der Waals surface area contributed by atoms with Gasteiger partial charge in [0.2, 0.25) is 11.8 Å². The monoisotopic (exact) mass is 974 g/mol. The summed E-state index contributed by atoms with van der Waals surface area (Å²) < 4.78 is 24.6. The molecule has 0 saturated carbocycles. The van der Waals surface area contributed by atoms with Gasteiger partial charge in [0.1, 0.15) is 43.8 Å². The van der Waals surface area contributed by atoms with Crippen LogP contribution in [0.25, 0.3) is 0 Å². The number of rotatable bonds is 32. The summed E-state index contributed by atoms with van der Waals surface area (Å²) in [6, 6.07) is 50.3. The number of amides is 2. The zero-order valence-corrected chi connectivity index (χ0v) is 40.4. The smallest absolute Gasteiger partial charge is 0.304 e. The molecule has 0 saturated heterocycles. The molecule has 374 valence electrons. The van der Waals surface area contributed by atoms with Crippen LogP contribution in [0.3, 0.4) is 0 Å². The van der Waals surface area contributed by atoms with E-state index in [4.69, 9.17) is 24.7 Å². The quantitative estimate of drug-likeness (QED) is 0.0364. The van der Waals surface area contributed by atoms with Crippen LogP contribution < -0.4 is 30.0 Å². The van der Waals surface area contributed by atoms with Crippen molar-refractivity contribution in [2.45, 2.75) is 90.6 Å². The minimum Gasteiger partial charge on any atom is -0.485 e. The van der Waals surface area contributed by atoms with Crippen molar-refractivity contribution in [1.29, 1.82) is 0 Å². The van der Waals surface area contributed by atoms with Crippen molar-refractivity contribution in [3.05, 3.63) is 191 Å². The van der Waals surface area contributed by atoms with Gasteiger partial charge < -0.3 is 35.1 Å². The Hall–Kier alpha value is -8.06. The maximum absolute atomic E-state index is 13.5. The third-order valence-corrected chi connectivity index (χ3v) is 11.9. The van der Waals surface area contributed by atoms with E-state index < -0.39 is 54.5 Å². The second-order valence-corrected chi connectivity index (χ2v) is 17.7. The number of carbonyl (C=O) groups is 6. The number of hydrogen-bond donors (Lipinski definition) is 3. The van der Waals surface area contributed by atoms with E-state index in [9.17, 15) is 33.9 Å². The molecule has 6 aromatic rings. The highest BCUT2D eigenvalue weighted by atomic mass is 16.5. The molecule has 2 amide bonds. The molecule has 0 bridgehead atoms. The molecule has 0 aliphatic rings. The first-order valence-electron chi connectivity index (χ1n) is 24.2. The largest absolute Gasteiger partial charge is 0.485 e. The first kappa shape index (κ1) is 53.3. The number of carboxylic acid groups (broad SMARTS) is 1. The fourth-order valence-electron chi connectivity index (χ4n) is 7.95. The van der Waals surface area contributed by atoms with Gasteiger partial charge in [-0.1, -0.05) is 133 Å². The van der Waals surface area contributed by atoms with Crippen LogP contribution in [0.15, 0.2) is 158 Å². The van der Waals surface area contributed by atoms with E-state index in [0.29, 0.717) is 68.7 Å². The average molecular weight is 975 g/mol. The molecule has 0 aromatic heterocycles. The van der Waals surface area contributed by atoms with Gasteiger partial charge >= 0.3 is 5.97 Å². The molecule has 0 aliphatic carbocycles.